The summed E-state index contributed by atoms with van der Waals surface area (Å²) in [6.07, 6.45) is 65.0. The van der Waals surface area contributed by atoms with Gasteiger partial charge in [-0.3, -0.25) is 14.4 Å². The van der Waals surface area contributed by atoms with Crippen LogP contribution in [0.5, 0.6) is 0 Å². The largest absolute Gasteiger partial charge is 0.462 e. The summed E-state index contributed by atoms with van der Waals surface area (Å²) in [4.78, 5) is 38.0. The number of carbonyl (C=O) groups excluding carboxylic acids is 3. The first-order chi connectivity index (χ1) is 31.5. The van der Waals surface area contributed by atoms with Crippen molar-refractivity contribution >= 4 is 17.9 Å². The molecule has 0 aliphatic rings. The average Bonchev–Trinajstić information content (AvgIpc) is 3.29. The number of ether oxygens (including phenoxy) is 3. The standard InChI is InChI=1S/C58H102O6/c1-4-7-10-13-16-19-22-24-26-28-29-31-32-34-36-39-42-45-48-51-57(60)63-54-55(53-62-56(59)50-47-44-41-38-21-18-15-12-9-6-3)64-58(61)52-49-46-43-40-37-35-33-30-27-25-23-20-17-14-11-8-5-2/h8,11-12,15,17,20,24-27,55H,4-7,9-10,13-14,16,18-19,21-23,28-54H2,1-3H3/b11-8-,15-12-,20-17-,26-24-,27-25-. The van der Waals surface area contributed by atoms with Crippen molar-refractivity contribution in [2.24, 2.45) is 0 Å². The molecule has 0 amide bonds. The van der Waals surface area contributed by atoms with Gasteiger partial charge in [0.25, 0.3) is 0 Å². The van der Waals surface area contributed by atoms with E-state index in [0.29, 0.717) is 19.3 Å². The fraction of sp³-hybridized carbons (Fsp3) is 0.776. The zero-order valence-electron chi connectivity index (χ0n) is 42.3. The molecule has 1 unspecified atom stereocenters. The lowest BCUT2D eigenvalue weighted by Gasteiger charge is -2.18. The molecule has 0 rings (SSSR count). The van der Waals surface area contributed by atoms with E-state index in [-0.39, 0.29) is 31.1 Å². The van der Waals surface area contributed by atoms with Crippen molar-refractivity contribution in [2.75, 3.05) is 13.2 Å². The van der Waals surface area contributed by atoms with Crippen molar-refractivity contribution in [1.82, 2.24) is 0 Å². The molecule has 0 fully saturated rings. The Morgan fingerprint density at radius 1 is 0.328 bits per heavy atom. The van der Waals surface area contributed by atoms with Crippen LogP contribution in [0.1, 0.15) is 271 Å². The second kappa shape index (κ2) is 52.7. The first kappa shape index (κ1) is 61.1. The van der Waals surface area contributed by atoms with Crippen LogP contribution in [0.3, 0.4) is 0 Å². The molecule has 0 saturated heterocycles. The third-order valence-corrected chi connectivity index (χ3v) is 11.7. The van der Waals surface area contributed by atoms with Gasteiger partial charge in [-0.1, -0.05) is 216 Å². The average molecular weight is 895 g/mol. The smallest absolute Gasteiger partial charge is 0.306 e. The van der Waals surface area contributed by atoms with Gasteiger partial charge >= 0.3 is 17.9 Å². The van der Waals surface area contributed by atoms with Crippen molar-refractivity contribution in [1.29, 1.82) is 0 Å². The molecule has 0 aliphatic carbocycles. The van der Waals surface area contributed by atoms with Crippen LogP contribution in [0.25, 0.3) is 0 Å². The molecular formula is C58H102O6. The van der Waals surface area contributed by atoms with Crippen molar-refractivity contribution in [3.8, 4) is 0 Å². The van der Waals surface area contributed by atoms with Crippen LogP contribution in [0, 0.1) is 0 Å². The van der Waals surface area contributed by atoms with Crippen LogP contribution < -0.4 is 0 Å². The number of carbonyl (C=O) groups is 3. The first-order valence-corrected chi connectivity index (χ1v) is 27.3. The summed E-state index contributed by atoms with van der Waals surface area (Å²) in [5, 5.41) is 0. The Morgan fingerprint density at radius 3 is 1.03 bits per heavy atom. The van der Waals surface area contributed by atoms with Crippen LogP contribution in [-0.2, 0) is 28.6 Å². The molecule has 6 heteroatoms. The maximum Gasteiger partial charge on any atom is 0.306 e. The van der Waals surface area contributed by atoms with Crippen LogP contribution in [0.4, 0.5) is 0 Å². The Bertz CT molecular complexity index is 1170. The topological polar surface area (TPSA) is 78.9 Å². The maximum absolute atomic E-state index is 12.8. The van der Waals surface area contributed by atoms with Crippen LogP contribution in [-0.4, -0.2) is 37.2 Å². The fourth-order valence-corrected chi connectivity index (χ4v) is 7.63. The van der Waals surface area contributed by atoms with Gasteiger partial charge in [0.2, 0.25) is 0 Å². The van der Waals surface area contributed by atoms with Crippen molar-refractivity contribution < 1.29 is 28.6 Å². The molecule has 370 valence electrons. The van der Waals surface area contributed by atoms with E-state index in [1.807, 2.05) is 0 Å². The predicted molar refractivity (Wildman–Crippen MR) is 275 cm³/mol. The number of unbranched alkanes of at least 4 members (excludes halogenated alkanes) is 28. The Hall–Kier alpha value is -2.89. The molecule has 6 nitrogen and oxygen atoms in total. The summed E-state index contributed by atoms with van der Waals surface area (Å²) in [6, 6.07) is 0. The molecule has 64 heavy (non-hydrogen) atoms. The van der Waals surface area contributed by atoms with E-state index < -0.39 is 6.10 Å². The summed E-state index contributed by atoms with van der Waals surface area (Å²) < 4.78 is 16.8. The molecule has 0 N–H and O–H groups in total. The van der Waals surface area contributed by atoms with Crippen LogP contribution in [0.15, 0.2) is 60.8 Å². The van der Waals surface area contributed by atoms with Crippen molar-refractivity contribution in [3.63, 3.8) is 0 Å². The Kier molecular flexibility index (Phi) is 50.4. The van der Waals surface area contributed by atoms with E-state index in [1.54, 1.807) is 0 Å². The lowest BCUT2D eigenvalue weighted by molar-refractivity contribution is -0.167. The van der Waals surface area contributed by atoms with E-state index in [9.17, 15) is 14.4 Å². The highest BCUT2D eigenvalue weighted by Crippen LogP contribution is 2.15. The van der Waals surface area contributed by atoms with Gasteiger partial charge in [0.05, 0.1) is 0 Å². The second-order valence-corrected chi connectivity index (χ2v) is 18.1. The van der Waals surface area contributed by atoms with Crippen LogP contribution >= 0.6 is 0 Å². The number of allylic oxidation sites excluding steroid dienone is 10. The molecule has 0 aromatic heterocycles. The zero-order valence-corrected chi connectivity index (χ0v) is 42.3. The Balaban J connectivity index is 4.32. The molecule has 0 heterocycles. The summed E-state index contributed by atoms with van der Waals surface area (Å²) in [7, 11) is 0. The fourth-order valence-electron chi connectivity index (χ4n) is 7.63. The minimum Gasteiger partial charge on any atom is -0.462 e. The monoisotopic (exact) mass is 895 g/mol. The van der Waals surface area contributed by atoms with Gasteiger partial charge in [0.15, 0.2) is 6.10 Å². The number of rotatable bonds is 49. The minimum absolute atomic E-state index is 0.0813. The Morgan fingerprint density at radius 2 is 0.641 bits per heavy atom. The van der Waals surface area contributed by atoms with E-state index in [0.717, 1.165) is 96.3 Å². The molecule has 0 aromatic carbocycles. The van der Waals surface area contributed by atoms with E-state index in [1.165, 1.54) is 135 Å². The normalized spacial score (nSPS) is 12.5. The highest BCUT2D eigenvalue weighted by atomic mass is 16.6. The maximum atomic E-state index is 12.8. The molecule has 0 aromatic rings. The van der Waals surface area contributed by atoms with E-state index >= 15 is 0 Å². The lowest BCUT2D eigenvalue weighted by atomic mass is 10.1. The van der Waals surface area contributed by atoms with Gasteiger partial charge in [-0.15, -0.1) is 0 Å². The van der Waals surface area contributed by atoms with Gasteiger partial charge < -0.3 is 14.2 Å². The molecule has 0 aliphatic heterocycles. The van der Waals surface area contributed by atoms with E-state index in [2.05, 4.69) is 81.5 Å². The molecule has 0 saturated carbocycles. The van der Waals surface area contributed by atoms with Gasteiger partial charge in [0.1, 0.15) is 13.2 Å². The van der Waals surface area contributed by atoms with Gasteiger partial charge in [-0.2, -0.15) is 0 Å². The lowest BCUT2D eigenvalue weighted by Crippen LogP contribution is -2.30. The number of esters is 3. The summed E-state index contributed by atoms with van der Waals surface area (Å²) >= 11 is 0. The summed E-state index contributed by atoms with van der Waals surface area (Å²) in [6.45, 7) is 6.46. The van der Waals surface area contributed by atoms with Crippen molar-refractivity contribution in [3.05, 3.63) is 60.8 Å². The van der Waals surface area contributed by atoms with Gasteiger partial charge in [-0.05, 0) is 96.3 Å². The summed E-state index contributed by atoms with van der Waals surface area (Å²) in [5.74, 6) is -0.898. The highest BCUT2D eigenvalue weighted by molar-refractivity contribution is 5.71. The zero-order chi connectivity index (χ0) is 46.5. The SMILES string of the molecule is CC/C=C\C/C=C\C/C=C\CCCCCCCCCC(=O)OC(COC(=O)CCCCCCC/C=C\CCC)COC(=O)CCCCCCCCCCC/C=C\CCCCCCCC. The predicted octanol–water partition coefficient (Wildman–Crippen LogP) is 18.0. The molecular weight excluding hydrogens is 793 g/mol. The number of hydrogen-bond acceptors (Lipinski definition) is 6. The third kappa shape index (κ3) is 50.1. The molecule has 0 bridgehead atoms. The first-order valence-electron chi connectivity index (χ1n) is 27.3. The Labute approximate surface area is 396 Å². The van der Waals surface area contributed by atoms with E-state index in [4.69, 9.17) is 14.2 Å². The van der Waals surface area contributed by atoms with Crippen molar-refractivity contribution in [2.45, 2.75) is 277 Å². The highest BCUT2D eigenvalue weighted by Gasteiger charge is 2.19. The molecule has 1 atom stereocenters. The number of hydrogen-bond donors (Lipinski definition) is 0. The van der Waals surface area contributed by atoms with Crippen LogP contribution in [0.2, 0.25) is 0 Å². The molecule has 0 radical (unpaired) electrons. The summed E-state index contributed by atoms with van der Waals surface area (Å²) in [5.41, 5.74) is 0. The second-order valence-electron chi connectivity index (χ2n) is 18.1. The molecule has 0 spiro atoms. The minimum atomic E-state index is -0.782. The van der Waals surface area contributed by atoms with Gasteiger partial charge in [0, 0.05) is 19.3 Å². The quantitative estimate of drug-likeness (QED) is 0.0262. The third-order valence-electron chi connectivity index (χ3n) is 11.7. The van der Waals surface area contributed by atoms with Gasteiger partial charge in [-0.25, -0.2) is 0 Å².